The van der Waals surface area contributed by atoms with E-state index in [1.165, 1.54) is 0 Å². The minimum absolute atomic E-state index is 0.118. The van der Waals surface area contributed by atoms with Crippen molar-refractivity contribution in [2.24, 2.45) is 0 Å². The lowest BCUT2D eigenvalue weighted by atomic mass is 10.1. The third kappa shape index (κ3) is 3.85. The molecular formula is C16H19ClN4O2S. The van der Waals surface area contributed by atoms with Crippen molar-refractivity contribution >= 4 is 27.6 Å². The van der Waals surface area contributed by atoms with E-state index in [1.807, 2.05) is 6.92 Å². The van der Waals surface area contributed by atoms with E-state index in [1.54, 1.807) is 36.7 Å². The van der Waals surface area contributed by atoms with E-state index in [9.17, 15) is 8.42 Å². The molecular weight excluding hydrogens is 348 g/mol. The van der Waals surface area contributed by atoms with Crippen LogP contribution in [-0.2, 0) is 10.0 Å². The molecule has 24 heavy (non-hydrogen) atoms. The first-order valence-corrected chi connectivity index (χ1v) is 9.62. The minimum atomic E-state index is -3.62. The van der Waals surface area contributed by atoms with Gasteiger partial charge in [-0.1, -0.05) is 17.7 Å². The number of anilines is 1. The van der Waals surface area contributed by atoms with Gasteiger partial charge in [0.1, 0.15) is 4.90 Å². The Balaban J connectivity index is 1.65. The molecule has 128 valence electrons. The van der Waals surface area contributed by atoms with Crippen LogP contribution in [0, 0.1) is 6.92 Å². The Hall–Kier alpha value is -1.70. The van der Waals surface area contributed by atoms with Crippen LogP contribution >= 0.6 is 11.6 Å². The van der Waals surface area contributed by atoms with Crippen molar-refractivity contribution in [1.29, 1.82) is 0 Å². The molecule has 8 heteroatoms. The Kier molecular flexibility index (Phi) is 5.03. The first-order chi connectivity index (χ1) is 11.5. The zero-order valence-electron chi connectivity index (χ0n) is 13.3. The van der Waals surface area contributed by atoms with Crippen LogP contribution in [0.1, 0.15) is 18.4 Å². The zero-order chi connectivity index (χ0) is 17.2. The number of hydrogen-bond acceptors (Lipinski definition) is 5. The molecule has 1 aromatic heterocycles. The monoisotopic (exact) mass is 366 g/mol. The van der Waals surface area contributed by atoms with Gasteiger partial charge in [-0.25, -0.2) is 23.1 Å². The van der Waals surface area contributed by atoms with Crippen molar-refractivity contribution in [1.82, 2.24) is 14.7 Å². The molecule has 2 aromatic rings. The summed E-state index contributed by atoms with van der Waals surface area (Å²) in [4.78, 5) is 10.6. The van der Waals surface area contributed by atoms with Gasteiger partial charge in [-0.15, -0.1) is 0 Å². The molecule has 0 spiro atoms. The highest BCUT2D eigenvalue weighted by Crippen LogP contribution is 2.24. The molecule has 6 nitrogen and oxygen atoms in total. The third-order valence-corrected chi connectivity index (χ3v) is 6.03. The summed E-state index contributed by atoms with van der Waals surface area (Å²) in [6.07, 6.45) is 4.80. The summed E-state index contributed by atoms with van der Waals surface area (Å²) in [5, 5.41) is 0.248. The first-order valence-electron chi connectivity index (χ1n) is 7.76. The number of aromatic nitrogens is 2. The molecule has 1 aliphatic heterocycles. The fraction of sp³-hybridized carbons (Fsp3) is 0.375. The average Bonchev–Trinajstić information content (AvgIpc) is 2.55. The Labute approximate surface area is 146 Å². The van der Waals surface area contributed by atoms with Crippen molar-refractivity contribution in [3.63, 3.8) is 0 Å². The topological polar surface area (TPSA) is 75.2 Å². The highest BCUT2D eigenvalue weighted by atomic mass is 35.5. The highest BCUT2D eigenvalue weighted by Gasteiger charge is 2.26. The van der Waals surface area contributed by atoms with Gasteiger partial charge in [0, 0.05) is 31.5 Å². The number of rotatable bonds is 4. The maximum Gasteiger partial charge on any atom is 0.242 e. The number of sulfonamides is 1. The van der Waals surface area contributed by atoms with Crippen LogP contribution in [0.5, 0.6) is 0 Å². The smallest absolute Gasteiger partial charge is 0.242 e. The van der Waals surface area contributed by atoms with Crippen molar-refractivity contribution in [2.75, 3.05) is 18.0 Å². The predicted octanol–water partition coefficient (Wildman–Crippen LogP) is 2.39. The molecule has 1 aliphatic rings. The Morgan fingerprint density at radius 1 is 1.21 bits per heavy atom. The van der Waals surface area contributed by atoms with Crippen LogP contribution in [0.15, 0.2) is 41.6 Å². The fourth-order valence-electron chi connectivity index (χ4n) is 2.76. The second kappa shape index (κ2) is 7.04. The maximum absolute atomic E-state index is 12.6. The Bertz CT molecular complexity index is 806. The van der Waals surface area contributed by atoms with E-state index in [-0.39, 0.29) is 16.0 Å². The molecule has 1 N–H and O–H groups in total. The van der Waals surface area contributed by atoms with E-state index < -0.39 is 10.0 Å². The van der Waals surface area contributed by atoms with Gasteiger partial charge in [0.05, 0.1) is 5.02 Å². The maximum atomic E-state index is 12.6. The van der Waals surface area contributed by atoms with Crippen LogP contribution in [0.25, 0.3) is 0 Å². The van der Waals surface area contributed by atoms with Crippen LogP contribution < -0.4 is 9.62 Å². The number of nitrogens with zero attached hydrogens (tertiary/aromatic N) is 3. The molecule has 0 atom stereocenters. The van der Waals surface area contributed by atoms with Crippen LogP contribution in [0.3, 0.4) is 0 Å². The number of nitrogens with one attached hydrogen (secondary N) is 1. The molecule has 2 heterocycles. The fourth-order valence-corrected chi connectivity index (χ4v) is 4.66. The van der Waals surface area contributed by atoms with E-state index in [0.717, 1.165) is 5.56 Å². The summed E-state index contributed by atoms with van der Waals surface area (Å²) in [5.41, 5.74) is 0.926. The van der Waals surface area contributed by atoms with Gasteiger partial charge < -0.3 is 4.90 Å². The molecule has 0 aliphatic carbocycles. The van der Waals surface area contributed by atoms with Crippen molar-refractivity contribution < 1.29 is 8.42 Å². The van der Waals surface area contributed by atoms with E-state index in [2.05, 4.69) is 19.6 Å². The Morgan fingerprint density at radius 3 is 2.50 bits per heavy atom. The number of aryl methyl sites for hydroxylation is 1. The lowest BCUT2D eigenvalue weighted by Crippen LogP contribution is -2.45. The second-order valence-electron chi connectivity index (χ2n) is 5.87. The summed E-state index contributed by atoms with van der Waals surface area (Å²) in [7, 11) is -3.62. The lowest BCUT2D eigenvalue weighted by Gasteiger charge is -2.32. The molecule has 1 aromatic carbocycles. The first kappa shape index (κ1) is 17.1. The Morgan fingerprint density at radius 2 is 1.88 bits per heavy atom. The standard InChI is InChI=1S/C16H19ClN4O2S/c1-12-3-4-15(14(17)11-12)24(22,23)20-13-5-9-21(10-6-13)16-18-7-2-8-19-16/h2-4,7-8,11,13,20H,5-6,9-10H2,1H3. The quantitative estimate of drug-likeness (QED) is 0.899. The van der Waals surface area contributed by atoms with Crippen molar-refractivity contribution in [3.8, 4) is 0 Å². The normalized spacial score (nSPS) is 16.3. The summed E-state index contributed by atoms with van der Waals surface area (Å²) < 4.78 is 27.9. The van der Waals surface area contributed by atoms with E-state index in [0.29, 0.717) is 31.9 Å². The molecule has 1 fully saturated rings. The number of piperidine rings is 1. The number of hydrogen-bond donors (Lipinski definition) is 1. The molecule has 0 saturated carbocycles. The van der Waals surface area contributed by atoms with Crippen molar-refractivity contribution in [3.05, 3.63) is 47.2 Å². The minimum Gasteiger partial charge on any atom is -0.341 e. The second-order valence-corrected chi connectivity index (χ2v) is 7.95. The lowest BCUT2D eigenvalue weighted by molar-refractivity contribution is 0.456. The molecule has 0 radical (unpaired) electrons. The zero-order valence-corrected chi connectivity index (χ0v) is 14.9. The molecule has 3 rings (SSSR count). The van der Waals surface area contributed by atoms with Crippen molar-refractivity contribution in [2.45, 2.75) is 30.7 Å². The largest absolute Gasteiger partial charge is 0.341 e. The van der Waals surface area contributed by atoms with E-state index in [4.69, 9.17) is 11.6 Å². The average molecular weight is 367 g/mol. The van der Waals surface area contributed by atoms with Gasteiger partial charge in [0.25, 0.3) is 0 Å². The highest BCUT2D eigenvalue weighted by molar-refractivity contribution is 7.89. The van der Waals surface area contributed by atoms with Gasteiger partial charge in [0.15, 0.2) is 0 Å². The molecule has 1 saturated heterocycles. The molecule has 0 amide bonds. The van der Waals surface area contributed by atoms with Gasteiger partial charge in [0.2, 0.25) is 16.0 Å². The summed E-state index contributed by atoms with van der Waals surface area (Å²) in [6.45, 7) is 3.29. The van der Waals surface area contributed by atoms with Gasteiger partial charge >= 0.3 is 0 Å². The van der Waals surface area contributed by atoms with Crippen LogP contribution in [0.4, 0.5) is 5.95 Å². The summed E-state index contributed by atoms with van der Waals surface area (Å²) in [6, 6.07) is 6.61. The third-order valence-electron chi connectivity index (χ3n) is 4.03. The predicted molar refractivity (Wildman–Crippen MR) is 93.8 cm³/mol. The van der Waals surface area contributed by atoms with Crippen LogP contribution in [-0.4, -0.2) is 37.5 Å². The number of benzene rings is 1. The summed E-state index contributed by atoms with van der Waals surface area (Å²) in [5.74, 6) is 0.681. The van der Waals surface area contributed by atoms with Gasteiger partial charge in [-0.2, -0.15) is 0 Å². The number of halogens is 1. The van der Waals surface area contributed by atoms with E-state index >= 15 is 0 Å². The molecule has 0 unspecified atom stereocenters. The molecule has 0 bridgehead atoms. The van der Waals surface area contributed by atoms with Gasteiger partial charge in [-0.05, 0) is 43.5 Å². The van der Waals surface area contributed by atoms with Gasteiger partial charge in [-0.3, -0.25) is 0 Å². The SMILES string of the molecule is Cc1ccc(S(=O)(=O)NC2CCN(c3ncccn3)CC2)c(Cl)c1. The summed E-state index contributed by atoms with van der Waals surface area (Å²) >= 11 is 6.09. The van der Waals surface area contributed by atoms with Crippen LogP contribution in [0.2, 0.25) is 5.02 Å².